The van der Waals surface area contributed by atoms with E-state index in [0.717, 1.165) is 4.47 Å². The van der Waals surface area contributed by atoms with Gasteiger partial charge in [0.25, 0.3) is 5.91 Å². The number of amides is 1. The number of hydrogen-bond donors (Lipinski definition) is 1. The van der Waals surface area contributed by atoms with Crippen LogP contribution >= 0.6 is 15.9 Å². The molecule has 0 unspecified atom stereocenters. The number of hydrogen-bond acceptors (Lipinski definition) is 5. The number of rotatable bonds is 8. The first-order chi connectivity index (χ1) is 11.0. The highest BCUT2D eigenvalue weighted by Gasteiger charge is 2.23. The van der Waals surface area contributed by atoms with Crippen LogP contribution in [-0.2, 0) is 19.1 Å². The second-order valence-electron chi connectivity index (χ2n) is 4.63. The summed E-state index contributed by atoms with van der Waals surface area (Å²) in [4.78, 5) is 35.6. The molecule has 0 radical (unpaired) electrons. The molecule has 1 aromatic carbocycles. The Morgan fingerprint density at radius 3 is 2.26 bits per heavy atom. The number of esters is 2. The Hall–Kier alpha value is -1.89. The lowest BCUT2D eigenvalue weighted by Gasteiger charge is -2.17. The van der Waals surface area contributed by atoms with Crippen molar-refractivity contribution in [3.63, 3.8) is 0 Å². The van der Waals surface area contributed by atoms with Crippen LogP contribution in [0.3, 0.4) is 0 Å². The molecule has 0 aromatic heterocycles. The standard InChI is InChI=1S/C16H20BrNO5/c1-3-22-14(19)10-9-13(16(21)23-4-2)18-15(20)11-5-7-12(17)8-6-11/h5-8,13H,3-4,9-10H2,1-2H3,(H,18,20)/t13-/m0/s1. The molecule has 0 aliphatic rings. The van der Waals surface area contributed by atoms with E-state index in [-0.39, 0.29) is 26.1 Å². The molecule has 0 heterocycles. The molecule has 0 spiro atoms. The Balaban J connectivity index is 2.71. The zero-order valence-electron chi connectivity index (χ0n) is 13.1. The van der Waals surface area contributed by atoms with Crippen molar-refractivity contribution < 1.29 is 23.9 Å². The van der Waals surface area contributed by atoms with Crippen molar-refractivity contribution in [2.45, 2.75) is 32.7 Å². The topological polar surface area (TPSA) is 81.7 Å². The fourth-order valence-electron chi connectivity index (χ4n) is 1.83. The maximum Gasteiger partial charge on any atom is 0.328 e. The van der Waals surface area contributed by atoms with Crippen LogP contribution in [0.5, 0.6) is 0 Å². The predicted octanol–water partition coefficient (Wildman–Crippen LogP) is 2.45. The van der Waals surface area contributed by atoms with Crippen molar-refractivity contribution in [1.82, 2.24) is 5.32 Å². The fourth-order valence-corrected chi connectivity index (χ4v) is 2.09. The Kier molecular flexibility index (Phi) is 8.32. The van der Waals surface area contributed by atoms with Gasteiger partial charge in [-0.1, -0.05) is 15.9 Å². The van der Waals surface area contributed by atoms with E-state index in [1.807, 2.05) is 0 Å². The molecule has 6 nitrogen and oxygen atoms in total. The highest BCUT2D eigenvalue weighted by atomic mass is 79.9. The number of ether oxygens (including phenoxy) is 2. The van der Waals surface area contributed by atoms with Crippen LogP contribution < -0.4 is 5.32 Å². The number of benzene rings is 1. The summed E-state index contributed by atoms with van der Waals surface area (Å²) in [7, 11) is 0. The van der Waals surface area contributed by atoms with E-state index in [9.17, 15) is 14.4 Å². The van der Waals surface area contributed by atoms with Crippen LogP contribution in [0.2, 0.25) is 0 Å². The van der Waals surface area contributed by atoms with Crippen LogP contribution in [0.15, 0.2) is 28.7 Å². The molecule has 0 bridgehead atoms. The van der Waals surface area contributed by atoms with Crippen molar-refractivity contribution in [1.29, 1.82) is 0 Å². The van der Waals surface area contributed by atoms with Crippen molar-refractivity contribution in [2.24, 2.45) is 0 Å². The van der Waals surface area contributed by atoms with Gasteiger partial charge in [-0.2, -0.15) is 0 Å². The first-order valence-electron chi connectivity index (χ1n) is 7.36. The molecule has 1 rings (SSSR count). The molecule has 1 aromatic rings. The predicted molar refractivity (Wildman–Crippen MR) is 87.9 cm³/mol. The summed E-state index contributed by atoms with van der Waals surface area (Å²) >= 11 is 3.29. The van der Waals surface area contributed by atoms with Gasteiger partial charge in [0.2, 0.25) is 0 Å². The SMILES string of the molecule is CCOC(=O)CC[C@H](NC(=O)c1ccc(Br)cc1)C(=O)OCC. The quantitative estimate of drug-likeness (QED) is 0.695. The fraction of sp³-hybridized carbons (Fsp3) is 0.438. The van der Waals surface area contributed by atoms with E-state index in [4.69, 9.17) is 9.47 Å². The van der Waals surface area contributed by atoms with Crippen molar-refractivity contribution in [2.75, 3.05) is 13.2 Å². The minimum Gasteiger partial charge on any atom is -0.466 e. The summed E-state index contributed by atoms with van der Waals surface area (Å²) in [6.07, 6.45) is 0.151. The summed E-state index contributed by atoms with van der Waals surface area (Å²) in [5, 5.41) is 2.60. The third-order valence-corrected chi connectivity index (χ3v) is 3.45. The summed E-state index contributed by atoms with van der Waals surface area (Å²) in [5.74, 6) is -1.39. The highest BCUT2D eigenvalue weighted by molar-refractivity contribution is 9.10. The van der Waals surface area contributed by atoms with Gasteiger partial charge in [0.1, 0.15) is 6.04 Å². The number of halogens is 1. The second-order valence-corrected chi connectivity index (χ2v) is 5.54. The van der Waals surface area contributed by atoms with E-state index >= 15 is 0 Å². The van der Waals surface area contributed by atoms with Gasteiger partial charge in [-0.05, 0) is 44.5 Å². The third kappa shape index (κ3) is 6.81. The first-order valence-corrected chi connectivity index (χ1v) is 8.15. The third-order valence-electron chi connectivity index (χ3n) is 2.93. The van der Waals surface area contributed by atoms with Gasteiger partial charge in [-0.15, -0.1) is 0 Å². The molecule has 1 atom stereocenters. The molecule has 0 aliphatic heterocycles. The molecule has 0 aliphatic carbocycles. The van der Waals surface area contributed by atoms with Crippen molar-refractivity contribution in [3.8, 4) is 0 Å². The normalized spacial score (nSPS) is 11.4. The molecular weight excluding hydrogens is 366 g/mol. The van der Waals surface area contributed by atoms with Gasteiger partial charge in [-0.25, -0.2) is 4.79 Å². The lowest BCUT2D eigenvalue weighted by Crippen LogP contribution is -2.42. The first kappa shape index (κ1) is 19.2. The zero-order chi connectivity index (χ0) is 17.2. The van der Waals surface area contributed by atoms with Gasteiger partial charge in [0.15, 0.2) is 0 Å². The second kappa shape index (κ2) is 9.99. The van der Waals surface area contributed by atoms with Gasteiger partial charge in [0.05, 0.1) is 13.2 Å². The van der Waals surface area contributed by atoms with Crippen LogP contribution in [0.4, 0.5) is 0 Å². The summed E-state index contributed by atoms with van der Waals surface area (Å²) in [6.45, 7) is 3.85. The van der Waals surface area contributed by atoms with Crippen LogP contribution in [0.1, 0.15) is 37.0 Å². The smallest absolute Gasteiger partial charge is 0.328 e. The number of nitrogens with one attached hydrogen (secondary N) is 1. The molecule has 1 N–H and O–H groups in total. The summed E-state index contributed by atoms with van der Waals surface area (Å²) in [5.41, 5.74) is 0.415. The van der Waals surface area contributed by atoms with E-state index in [0.29, 0.717) is 5.56 Å². The lowest BCUT2D eigenvalue weighted by atomic mass is 10.1. The molecule has 0 saturated heterocycles. The van der Waals surface area contributed by atoms with Crippen LogP contribution in [0, 0.1) is 0 Å². The van der Waals surface area contributed by atoms with Crippen molar-refractivity contribution in [3.05, 3.63) is 34.3 Å². The Labute approximate surface area is 143 Å². The van der Waals surface area contributed by atoms with Gasteiger partial charge >= 0.3 is 11.9 Å². The van der Waals surface area contributed by atoms with Crippen LogP contribution in [0.25, 0.3) is 0 Å². The molecule has 1 amide bonds. The summed E-state index contributed by atoms with van der Waals surface area (Å²) in [6, 6.07) is 5.83. The average Bonchev–Trinajstić information content (AvgIpc) is 2.52. The maximum absolute atomic E-state index is 12.2. The van der Waals surface area contributed by atoms with Crippen LogP contribution in [-0.4, -0.2) is 37.1 Å². The zero-order valence-corrected chi connectivity index (χ0v) is 14.7. The molecule has 7 heteroatoms. The minimum atomic E-state index is -0.893. The van der Waals surface area contributed by atoms with Gasteiger partial charge < -0.3 is 14.8 Å². The Morgan fingerprint density at radius 1 is 1.09 bits per heavy atom. The molecule has 23 heavy (non-hydrogen) atoms. The largest absolute Gasteiger partial charge is 0.466 e. The maximum atomic E-state index is 12.2. The van der Waals surface area contributed by atoms with E-state index < -0.39 is 23.9 Å². The number of carbonyl (C=O) groups is 3. The summed E-state index contributed by atoms with van der Waals surface area (Å²) < 4.78 is 10.6. The molecular formula is C16H20BrNO5. The van der Waals surface area contributed by atoms with E-state index in [1.54, 1.807) is 38.1 Å². The molecule has 0 saturated carbocycles. The minimum absolute atomic E-state index is 0.0257. The highest BCUT2D eigenvalue weighted by Crippen LogP contribution is 2.11. The average molecular weight is 386 g/mol. The number of carbonyl (C=O) groups excluding carboxylic acids is 3. The van der Waals surface area contributed by atoms with Gasteiger partial charge in [-0.3, -0.25) is 9.59 Å². The van der Waals surface area contributed by atoms with E-state index in [2.05, 4.69) is 21.2 Å². The van der Waals surface area contributed by atoms with Crippen molar-refractivity contribution >= 4 is 33.8 Å². The monoisotopic (exact) mass is 385 g/mol. The Morgan fingerprint density at radius 2 is 1.70 bits per heavy atom. The molecule has 0 fully saturated rings. The van der Waals surface area contributed by atoms with Gasteiger partial charge in [0, 0.05) is 16.5 Å². The Bertz CT molecular complexity index is 544. The van der Waals surface area contributed by atoms with E-state index in [1.165, 1.54) is 0 Å². The molecule has 126 valence electrons. The lowest BCUT2D eigenvalue weighted by molar-refractivity contribution is -0.146.